The van der Waals surface area contributed by atoms with E-state index >= 15 is 0 Å². The van der Waals surface area contributed by atoms with E-state index in [1.807, 2.05) is 18.3 Å². The number of guanidine groups is 1. The molecule has 2 atom stereocenters. The number of hydrogen-bond acceptors (Lipinski definition) is 6. The Labute approximate surface area is 179 Å². The van der Waals surface area contributed by atoms with Gasteiger partial charge in [-0.1, -0.05) is 0 Å². The summed E-state index contributed by atoms with van der Waals surface area (Å²) in [6.07, 6.45) is 1.15. The predicted molar refractivity (Wildman–Crippen MR) is 120 cm³/mol. The van der Waals surface area contributed by atoms with E-state index < -0.39 is 5.60 Å². The van der Waals surface area contributed by atoms with Crippen molar-refractivity contribution < 1.29 is 9.84 Å². The van der Waals surface area contributed by atoms with Crippen LogP contribution in [0, 0.1) is 0 Å². The van der Waals surface area contributed by atoms with E-state index in [-0.39, 0.29) is 0 Å². The number of nitrogens with zero attached hydrogens (tertiary/aromatic N) is 3. The van der Waals surface area contributed by atoms with E-state index in [9.17, 15) is 5.11 Å². The fourth-order valence-electron chi connectivity index (χ4n) is 3.90. The third kappa shape index (κ3) is 6.93. The summed E-state index contributed by atoms with van der Waals surface area (Å²) in [6.45, 7) is 14.2. The van der Waals surface area contributed by atoms with E-state index in [1.54, 1.807) is 4.88 Å². The molecule has 2 unspecified atom stereocenters. The molecule has 0 radical (unpaired) electrons. The minimum absolute atomic E-state index is 0.371. The lowest BCUT2D eigenvalue weighted by atomic mass is 10.1. The summed E-state index contributed by atoms with van der Waals surface area (Å²) < 4.78 is 5.39. The highest BCUT2D eigenvalue weighted by atomic mass is 32.1. The van der Waals surface area contributed by atoms with Crippen molar-refractivity contribution in [2.75, 3.05) is 59.0 Å². The minimum Gasteiger partial charge on any atom is -0.387 e. The molecule has 2 aliphatic rings. The Morgan fingerprint density at radius 2 is 2.14 bits per heavy atom. The first-order valence-electron chi connectivity index (χ1n) is 10.8. The third-order valence-electron chi connectivity index (χ3n) is 5.62. The van der Waals surface area contributed by atoms with E-state index in [0.717, 1.165) is 64.9 Å². The quantitative estimate of drug-likeness (QED) is 0.430. The van der Waals surface area contributed by atoms with Gasteiger partial charge in [-0.2, -0.15) is 0 Å². The molecule has 164 valence electrons. The highest BCUT2D eigenvalue weighted by Crippen LogP contribution is 2.24. The fraction of sp³-hybridized carbons (Fsp3) is 0.762. The third-order valence-corrected chi connectivity index (χ3v) is 6.64. The molecule has 1 fully saturated rings. The summed E-state index contributed by atoms with van der Waals surface area (Å²) in [5.41, 5.74) is 0.626. The van der Waals surface area contributed by atoms with Gasteiger partial charge in [0.15, 0.2) is 5.96 Å². The fourth-order valence-corrected chi connectivity index (χ4v) is 4.79. The summed E-state index contributed by atoms with van der Waals surface area (Å²) in [6, 6.07) is 2.68. The van der Waals surface area contributed by atoms with Crippen LogP contribution in [0.25, 0.3) is 0 Å². The number of β-amino-alcohol motifs (C(OH)–C–C–N with tert-alkyl or cyclic N) is 1. The van der Waals surface area contributed by atoms with Crippen LogP contribution in [0.5, 0.6) is 0 Å². The monoisotopic (exact) mass is 423 g/mol. The Morgan fingerprint density at radius 1 is 1.34 bits per heavy atom. The summed E-state index contributed by atoms with van der Waals surface area (Å²) in [4.78, 5) is 11.0. The van der Waals surface area contributed by atoms with Crippen LogP contribution in [0.15, 0.2) is 16.4 Å². The van der Waals surface area contributed by atoms with Crippen LogP contribution in [0.4, 0.5) is 0 Å². The van der Waals surface area contributed by atoms with Crippen molar-refractivity contribution in [3.63, 3.8) is 0 Å². The number of fused-ring (bicyclic) bond motifs is 1. The molecule has 8 heteroatoms. The summed E-state index contributed by atoms with van der Waals surface area (Å²) in [5, 5.41) is 19.8. The van der Waals surface area contributed by atoms with Gasteiger partial charge in [-0.05, 0) is 44.2 Å². The van der Waals surface area contributed by atoms with Crippen LogP contribution in [0.2, 0.25) is 0 Å². The van der Waals surface area contributed by atoms with Gasteiger partial charge in [-0.15, -0.1) is 11.3 Å². The molecule has 1 aromatic heterocycles. The highest BCUT2D eigenvalue weighted by Gasteiger charge is 2.25. The van der Waals surface area contributed by atoms with Crippen LogP contribution in [-0.2, 0) is 17.7 Å². The van der Waals surface area contributed by atoms with E-state index in [1.165, 1.54) is 5.56 Å². The Balaban J connectivity index is 1.48. The Kier molecular flexibility index (Phi) is 8.32. The molecule has 0 amide bonds. The molecule has 1 saturated heterocycles. The predicted octanol–water partition coefficient (Wildman–Crippen LogP) is 1.13. The maximum Gasteiger partial charge on any atom is 0.191 e. The Morgan fingerprint density at radius 3 is 2.90 bits per heavy atom. The topological polar surface area (TPSA) is 72.4 Å². The average molecular weight is 424 g/mol. The summed E-state index contributed by atoms with van der Waals surface area (Å²) in [5.74, 6) is 0.773. The number of morpholine rings is 1. The van der Waals surface area contributed by atoms with Gasteiger partial charge in [0.05, 0.1) is 25.4 Å². The minimum atomic E-state index is -0.854. The van der Waals surface area contributed by atoms with E-state index in [2.05, 4.69) is 50.7 Å². The van der Waals surface area contributed by atoms with Gasteiger partial charge in [0, 0.05) is 56.7 Å². The molecule has 3 N–H and O–H groups in total. The molecule has 1 aromatic rings. The van der Waals surface area contributed by atoms with Crippen molar-refractivity contribution in [3.05, 3.63) is 21.9 Å². The molecule has 0 saturated carbocycles. The van der Waals surface area contributed by atoms with Crippen molar-refractivity contribution in [1.82, 2.24) is 20.4 Å². The first-order valence-corrected chi connectivity index (χ1v) is 11.7. The van der Waals surface area contributed by atoms with Crippen LogP contribution in [0.1, 0.15) is 31.2 Å². The maximum absolute atomic E-state index is 10.8. The normalized spacial score (nSPS) is 22.0. The second-order valence-corrected chi connectivity index (χ2v) is 9.40. The SMILES string of the molecule is CCNC(=NCC(C)(O)CN1CCOCC1)NCC(C)N1CCc2sccc2C1. The Hall–Kier alpha value is -1.19. The van der Waals surface area contributed by atoms with E-state index in [0.29, 0.717) is 19.1 Å². The molecule has 2 aliphatic heterocycles. The van der Waals surface area contributed by atoms with Crippen molar-refractivity contribution >= 4 is 17.3 Å². The summed E-state index contributed by atoms with van der Waals surface area (Å²) in [7, 11) is 0. The standard InChI is InChI=1S/C21H37N5O2S/c1-4-22-20(24-15-21(3,27)16-25-8-10-28-11-9-25)23-13-17(2)26-7-5-19-18(14-26)6-12-29-19/h6,12,17,27H,4-5,7-11,13-16H2,1-3H3,(H2,22,23,24). The molecular weight excluding hydrogens is 386 g/mol. The highest BCUT2D eigenvalue weighted by molar-refractivity contribution is 7.10. The second kappa shape index (κ2) is 10.7. The molecular formula is C21H37N5O2S. The number of hydrogen-bond donors (Lipinski definition) is 3. The molecule has 0 aromatic carbocycles. The number of thiophene rings is 1. The molecule has 7 nitrogen and oxygen atoms in total. The van der Waals surface area contributed by atoms with Gasteiger partial charge < -0.3 is 20.5 Å². The maximum atomic E-state index is 10.8. The zero-order chi connectivity index (χ0) is 20.7. The molecule has 0 spiro atoms. The van der Waals surface area contributed by atoms with Crippen molar-refractivity contribution in [2.24, 2.45) is 4.99 Å². The molecule has 29 heavy (non-hydrogen) atoms. The number of ether oxygens (including phenoxy) is 1. The van der Waals surface area contributed by atoms with Crippen molar-refractivity contribution in [3.8, 4) is 0 Å². The molecule has 3 heterocycles. The molecule has 3 rings (SSSR count). The van der Waals surface area contributed by atoms with Crippen LogP contribution < -0.4 is 10.6 Å². The van der Waals surface area contributed by atoms with Gasteiger partial charge in [0.25, 0.3) is 0 Å². The van der Waals surface area contributed by atoms with Gasteiger partial charge in [-0.25, -0.2) is 0 Å². The molecule has 0 aliphatic carbocycles. The summed E-state index contributed by atoms with van der Waals surface area (Å²) >= 11 is 1.88. The largest absolute Gasteiger partial charge is 0.387 e. The lowest BCUT2D eigenvalue weighted by Crippen LogP contribution is -2.49. The number of aliphatic imine (C=N–C) groups is 1. The van der Waals surface area contributed by atoms with Crippen LogP contribution in [-0.4, -0.2) is 91.5 Å². The smallest absolute Gasteiger partial charge is 0.191 e. The molecule has 0 bridgehead atoms. The van der Waals surface area contributed by atoms with Gasteiger partial charge in [0.2, 0.25) is 0 Å². The first kappa shape index (κ1) is 22.5. The number of rotatable bonds is 8. The van der Waals surface area contributed by atoms with Gasteiger partial charge in [-0.3, -0.25) is 14.8 Å². The Bertz CT molecular complexity index is 657. The number of nitrogens with one attached hydrogen (secondary N) is 2. The zero-order valence-electron chi connectivity index (χ0n) is 18.1. The first-order chi connectivity index (χ1) is 14.0. The van der Waals surface area contributed by atoms with Crippen molar-refractivity contribution in [1.29, 1.82) is 0 Å². The van der Waals surface area contributed by atoms with Gasteiger partial charge >= 0.3 is 0 Å². The number of aliphatic hydroxyl groups is 1. The zero-order valence-corrected chi connectivity index (χ0v) is 18.9. The lowest BCUT2D eigenvalue weighted by molar-refractivity contribution is -0.0180. The van der Waals surface area contributed by atoms with Gasteiger partial charge in [0.1, 0.15) is 0 Å². The van der Waals surface area contributed by atoms with Crippen LogP contribution >= 0.6 is 11.3 Å². The van der Waals surface area contributed by atoms with Crippen molar-refractivity contribution in [2.45, 2.75) is 45.4 Å². The lowest BCUT2D eigenvalue weighted by Gasteiger charge is -2.33. The van der Waals surface area contributed by atoms with Crippen LogP contribution in [0.3, 0.4) is 0 Å². The van der Waals surface area contributed by atoms with E-state index in [4.69, 9.17) is 4.74 Å². The second-order valence-electron chi connectivity index (χ2n) is 8.40. The average Bonchev–Trinajstić information content (AvgIpc) is 3.18.